The molecule has 39 heavy (non-hydrogen) atoms. The van der Waals surface area contributed by atoms with E-state index in [0.29, 0.717) is 35.3 Å². The zero-order valence-electron chi connectivity index (χ0n) is 21.6. The highest BCUT2D eigenvalue weighted by molar-refractivity contribution is 7.99. The molecule has 1 N–H and O–H groups in total. The van der Waals surface area contributed by atoms with Gasteiger partial charge >= 0.3 is 0 Å². The third-order valence-corrected chi connectivity index (χ3v) is 8.76. The summed E-state index contributed by atoms with van der Waals surface area (Å²) in [6, 6.07) is 21.8. The van der Waals surface area contributed by atoms with Crippen molar-refractivity contribution in [2.45, 2.75) is 37.2 Å². The van der Waals surface area contributed by atoms with E-state index in [2.05, 4.69) is 28.5 Å². The molecule has 6 rings (SSSR count). The van der Waals surface area contributed by atoms with Crippen molar-refractivity contribution in [3.05, 3.63) is 110 Å². The van der Waals surface area contributed by atoms with Crippen LogP contribution in [-0.4, -0.2) is 29.7 Å². The number of pyridine rings is 1. The Morgan fingerprint density at radius 2 is 1.77 bits per heavy atom. The summed E-state index contributed by atoms with van der Waals surface area (Å²) in [6.07, 6.45) is 4.69. The Morgan fingerprint density at radius 3 is 2.54 bits per heavy atom. The van der Waals surface area contributed by atoms with E-state index in [1.165, 1.54) is 5.56 Å². The summed E-state index contributed by atoms with van der Waals surface area (Å²) in [7, 11) is 0. The SMILES string of the molecule is O=C(NCc1ccc(Cl)cc1)c1cn2c3c(cc(CC4CCOCC4)cc3c1=O)SCN2Cc1ccccc1. The van der Waals surface area contributed by atoms with Crippen molar-refractivity contribution in [2.24, 2.45) is 5.92 Å². The molecule has 0 spiro atoms. The molecule has 1 fully saturated rings. The smallest absolute Gasteiger partial charge is 0.257 e. The van der Waals surface area contributed by atoms with Gasteiger partial charge in [0.1, 0.15) is 5.56 Å². The molecule has 3 aromatic carbocycles. The molecular formula is C31H30ClN3O3S. The van der Waals surface area contributed by atoms with E-state index in [0.717, 1.165) is 54.0 Å². The fraction of sp³-hybridized carbons (Fsp3) is 0.290. The van der Waals surface area contributed by atoms with E-state index < -0.39 is 0 Å². The molecule has 1 amide bonds. The predicted octanol–water partition coefficient (Wildman–Crippen LogP) is 5.76. The summed E-state index contributed by atoms with van der Waals surface area (Å²) in [5.41, 5.74) is 4.02. The van der Waals surface area contributed by atoms with Gasteiger partial charge in [-0.15, -0.1) is 11.8 Å². The van der Waals surface area contributed by atoms with Crippen molar-refractivity contribution < 1.29 is 9.53 Å². The molecule has 2 aliphatic heterocycles. The van der Waals surface area contributed by atoms with Crippen LogP contribution >= 0.6 is 23.4 Å². The van der Waals surface area contributed by atoms with E-state index in [1.807, 2.05) is 41.1 Å². The molecule has 4 aromatic rings. The summed E-state index contributed by atoms with van der Waals surface area (Å²) in [5, 5.41) is 6.36. The Morgan fingerprint density at radius 1 is 1.00 bits per heavy atom. The molecular weight excluding hydrogens is 530 g/mol. The number of hydrogen-bond acceptors (Lipinski definition) is 5. The standard InChI is InChI=1S/C31H30ClN3O3S/c32-25-8-6-22(7-9-25)17-33-31(37)27-19-35-29-26(30(27)36)15-24(14-21-10-12-38-13-11-21)16-28(29)39-20-34(35)18-23-4-2-1-3-5-23/h1-9,15-16,19,21H,10-14,17-18,20H2,(H,33,37). The molecule has 0 bridgehead atoms. The van der Waals surface area contributed by atoms with Crippen LogP contribution in [0.4, 0.5) is 0 Å². The molecule has 0 unspecified atom stereocenters. The molecule has 8 heteroatoms. The number of carbonyl (C=O) groups excluding carboxylic acids is 1. The van der Waals surface area contributed by atoms with Gasteiger partial charge in [-0.25, -0.2) is 0 Å². The van der Waals surface area contributed by atoms with Crippen LogP contribution in [0.2, 0.25) is 5.02 Å². The first-order valence-corrected chi connectivity index (χ1v) is 14.7. The first kappa shape index (κ1) is 26.0. The molecule has 0 atom stereocenters. The summed E-state index contributed by atoms with van der Waals surface area (Å²) in [5.74, 6) is 0.876. The van der Waals surface area contributed by atoms with E-state index in [9.17, 15) is 9.59 Å². The van der Waals surface area contributed by atoms with Crippen molar-refractivity contribution >= 4 is 40.2 Å². The number of thioether (sulfide) groups is 1. The zero-order chi connectivity index (χ0) is 26.8. The number of amides is 1. The first-order valence-electron chi connectivity index (χ1n) is 13.3. The Balaban J connectivity index is 1.39. The van der Waals surface area contributed by atoms with E-state index in [-0.39, 0.29) is 16.9 Å². The largest absolute Gasteiger partial charge is 0.381 e. The maximum absolute atomic E-state index is 13.8. The van der Waals surface area contributed by atoms with Gasteiger partial charge in [-0.05, 0) is 66.1 Å². The second-order valence-electron chi connectivity index (χ2n) is 10.2. The highest BCUT2D eigenvalue weighted by atomic mass is 35.5. The van der Waals surface area contributed by atoms with Crippen LogP contribution in [0.25, 0.3) is 10.9 Å². The number of benzene rings is 3. The highest BCUT2D eigenvalue weighted by Crippen LogP contribution is 2.35. The predicted molar refractivity (Wildman–Crippen MR) is 157 cm³/mol. The lowest BCUT2D eigenvalue weighted by Gasteiger charge is -2.34. The molecule has 6 nitrogen and oxygen atoms in total. The van der Waals surface area contributed by atoms with Gasteiger partial charge in [0, 0.05) is 41.3 Å². The van der Waals surface area contributed by atoms with Gasteiger partial charge in [-0.1, -0.05) is 54.1 Å². The number of halogens is 1. The number of carbonyl (C=O) groups is 1. The Hall–Kier alpha value is -3.26. The topological polar surface area (TPSA) is 63.6 Å². The first-order chi connectivity index (χ1) is 19.0. The van der Waals surface area contributed by atoms with Crippen LogP contribution in [0, 0.1) is 5.92 Å². The Bertz CT molecular complexity index is 1550. The molecule has 1 saturated heterocycles. The zero-order valence-corrected chi connectivity index (χ0v) is 23.1. The van der Waals surface area contributed by atoms with Crippen LogP contribution < -0.4 is 15.8 Å². The third kappa shape index (κ3) is 5.71. The Labute approximate surface area is 236 Å². The van der Waals surface area contributed by atoms with Gasteiger partial charge in [0.05, 0.1) is 17.9 Å². The molecule has 0 saturated carbocycles. The van der Waals surface area contributed by atoms with E-state index in [1.54, 1.807) is 30.1 Å². The van der Waals surface area contributed by atoms with Crippen LogP contribution in [0.3, 0.4) is 0 Å². The minimum absolute atomic E-state index is 0.149. The van der Waals surface area contributed by atoms with Crippen molar-refractivity contribution in [1.82, 2.24) is 9.99 Å². The molecule has 1 aromatic heterocycles. The molecule has 0 aliphatic carbocycles. The van der Waals surface area contributed by atoms with Crippen LogP contribution in [0.1, 0.15) is 39.9 Å². The maximum atomic E-state index is 13.8. The van der Waals surface area contributed by atoms with Crippen molar-refractivity contribution in [2.75, 3.05) is 24.1 Å². The maximum Gasteiger partial charge on any atom is 0.257 e. The number of hydrogen-bond donors (Lipinski definition) is 1. The fourth-order valence-corrected chi connectivity index (χ4v) is 6.57. The van der Waals surface area contributed by atoms with Gasteiger partial charge in [0.2, 0.25) is 5.43 Å². The summed E-state index contributed by atoms with van der Waals surface area (Å²) in [6.45, 7) is 2.56. The van der Waals surface area contributed by atoms with Gasteiger partial charge < -0.3 is 10.1 Å². The lowest BCUT2D eigenvalue weighted by Crippen LogP contribution is -2.39. The molecule has 0 radical (unpaired) electrons. The highest BCUT2D eigenvalue weighted by Gasteiger charge is 2.25. The van der Waals surface area contributed by atoms with Crippen molar-refractivity contribution in [3.63, 3.8) is 0 Å². The number of rotatable bonds is 7. The molecule has 2 aliphatic rings. The lowest BCUT2D eigenvalue weighted by molar-refractivity contribution is 0.0665. The van der Waals surface area contributed by atoms with Crippen LogP contribution in [0.15, 0.2) is 82.6 Å². The fourth-order valence-electron chi connectivity index (χ4n) is 5.36. The van der Waals surface area contributed by atoms with Crippen molar-refractivity contribution in [3.8, 4) is 0 Å². The minimum Gasteiger partial charge on any atom is -0.381 e. The normalized spacial score (nSPS) is 15.5. The molecule has 3 heterocycles. The summed E-state index contributed by atoms with van der Waals surface area (Å²) in [4.78, 5) is 28.3. The number of nitrogens with zero attached hydrogens (tertiary/aromatic N) is 2. The summed E-state index contributed by atoms with van der Waals surface area (Å²) < 4.78 is 7.56. The summed E-state index contributed by atoms with van der Waals surface area (Å²) >= 11 is 7.75. The average molecular weight is 560 g/mol. The van der Waals surface area contributed by atoms with Gasteiger partial charge in [0.25, 0.3) is 5.91 Å². The average Bonchev–Trinajstić information content (AvgIpc) is 2.96. The second-order valence-corrected chi connectivity index (χ2v) is 11.6. The quantitative estimate of drug-likeness (QED) is 0.312. The lowest BCUT2D eigenvalue weighted by atomic mass is 9.91. The van der Waals surface area contributed by atoms with E-state index >= 15 is 0 Å². The molecule has 200 valence electrons. The number of nitrogens with one attached hydrogen (secondary N) is 1. The second kappa shape index (κ2) is 11.5. The monoisotopic (exact) mass is 559 g/mol. The number of aromatic nitrogens is 1. The van der Waals surface area contributed by atoms with Gasteiger partial charge in [-0.3, -0.25) is 19.3 Å². The van der Waals surface area contributed by atoms with Gasteiger partial charge in [0.15, 0.2) is 0 Å². The van der Waals surface area contributed by atoms with Crippen LogP contribution in [0.5, 0.6) is 0 Å². The number of ether oxygens (including phenoxy) is 1. The van der Waals surface area contributed by atoms with E-state index in [4.69, 9.17) is 16.3 Å². The van der Waals surface area contributed by atoms with Crippen LogP contribution in [-0.2, 0) is 24.2 Å². The Kier molecular flexibility index (Phi) is 7.64. The van der Waals surface area contributed by atoms with Gasteiger partial charge in [-0.2, -0.15) is 0 Å². The minimum atomic E-state index is -0.380. The third-order valence-electron chi connectivity index (χ3n) is 7.46. The van der Waals surface area contributed by atoms with Crippen molar-refractivity contribution in [1.29, 1.82) is 0 Å².